The van der Waals surface area contributed by atoms with E-state index in [0.29, 0.717) is 5.56 Å². The van der Waals surface area contributed by atoms with Crippen molar-refractivity contribution in [1.29, 1.82) is 0 Å². The molecule has 10 heteroatoms. The molecule has 1 heterocycles. The number of thioether (sulfide) groups is 1. The van der Waals surface area contributed by atoms with Crippen molar-refractivity contribution >= 4 is 45.0 Å². The van der Waals surface area contributed by atoms with Gasteiger partial charge in [0.15, 0.2) is 0 Å². The van der Waals surface area contributed by atoms with E-state index in [1.807, 2.05) is 25.1 Å². The highest BCUT2D eigenvalue weighted by molar-refractivity contribution is 9.10. The largest absolute Gasteiger partial charge is 0.411 e. The monoisotopic (exact) mass is 448 g/mol. The summed E-state index contributed by atoms with van der Waals surface area (Å²) in [6.07, 6.45) is 0. The molecule has 2 aromatic carbocycles. The molecule has 0 fully saturated rings. The molecule has 3 aromatic rings. The van der Waals surface area contributed by atoms with Crippen molar-refractivity contribution in [1.82, 2.24) is 10.2 Å². The van der Waals surface area contributed by atoms with Crippen LogP contribution in [-0.2, 0) is 4.79 Å². The highest BCUT2D eigenvalue weighted by atomic mass is 79.9. The lowest BCUT2D eigenvalue weighted by atomic mass is 10.2. The highest BCUT2D eigenvalue weighted by Gasteiger charge is 2.14. The van der Waals surface area contributed by atoms with Crippen LogP contribution in [0.4, 0.5) is 11.4 Å². The van der Waals surface area contributed by atoms with Crippen molar-refractivity contribution in [2.24, 2.45) is 0 Å². The number of benzene rings is 2. The summed E-state index contributed by atoms with van der Waals surface area (Å²) >= 11 is 4.46. The van der Waals surface area contributed by atoms with Crippen LogP contribution in [0.5, 0.6) is 0 Å². The molecule has 0 aliphatic heterocycles. The van der Waals surface area contributed by atoms with Gasteiger partial charge < -0.3 is 9.73 Å². The molecule has 0 unspecified atom stereocenters. The predicted molar refractivity (Wildman–Crippen MR) is 105 cm³/mol. The minimum Gasteiger partial charge on any atom is -0.411 e. The summed E-state index contributed by atoms with van der Waals surface area (Å²) < 4.78 is 6.41. The number of hydrogen-bond acceptors (Lipinski definition) is 7. The summed E-state index contributed by atoms with van der Waals surface area (Å²) in [5, 5.41) is 21.6. The maximum atomic E-state index is 12.1. The SMILES string of the molecule is Cc1cc(Br)ccc1NC(=O)CSc1nnc(-c2cccc([N+](=O)[O-])c2)o1. The maximum absolute atomic E-state index is 12.1. The maximum Gasteiger partial charge on any atom is 0.277 e. The Morgan fingerprint density at radius 1 is 1.30 bits per heavy atom. The molecule has 0 bridgehead atoms. The Balaban J connectivity index is 1.62. The molecule has 0 atom stereocenters. The minimum absolute atomic E-state index is 0.0656. The number of nitrogens with zero attached hydrogens (tertiary/aromatic N) is 3. The zero-order valence-corrected chi connectivity index (χ0v) is 16.4. The number of aromatic nitrogens is 2. The van der Waals surface area contributed by atoms with E-state index in [0.717, 1.165) is 27.5 Å². The van der Waals surface area contributed by atoms with Gasteiger partial charge in [0.1, 0.15) is 0 Å². The van der Waals surface area contributed by atoms with Crippen molar-refractivity contribution in [3.8, 4) is 11.5 Å². The fourth-order valence-electron chi connectivity index (χ4n) is 2.22. The van der Waals surface area contributed by atoms with E-state index in [1.54, 1.807) is 12.1 Å². The van der Waals surface area contributed by atoms with E-state index in [1.165, 1.54) is 12.1 Å². The second-order valence-corrected chi connectivity index (χ2v) is 7.32. The average Bonchev–Trinajstić information content (AvgIpc) is 3.11. The van der Waals surface area contributed by atoms with Gasteiger partial charge in [0, 0.05) is 27.9 Å². The van der Waals surface area contributed by atoms with Crippen LogP contribution in [0.1, 0.15) is 5.56 Å². The number of rotatable bonds is 6. The summed E-state index contributed by atoms with van der Waals surface area (Å²) in [4.78, 5) is 22.5. The van der Waals surface area contributed by atoms with Crippen LogP contribution in [-0.4, -0.2) is 26.8 Å². The highest BCUT2D eigenvalue weighted by Crippen LogP contribution is 2.26. The van der Waals surface area contributed by atoms with Gasteiger partial charge in [-0.15, -0.1) is 10.2 Å². The van der Waals surface area contributed by atoms with E-state index < -0.39 is 4.92 Å². The molecule has 3 rings (SSSR count). The number of halogens is 1. The number of anilines is 1. The van der Waals surface area contributed by atoms with Gasteiger partial charge in [0.25, 0.3) is 10.9 Å². The van der Waals surface area contributed by atoms with Crippen molar-refractivity contribution < 1.29 is 14.1 Å². The first kappa shape index (κ1) is 19.1. The smallest absolute Gasteiger partial charge is 0.277 e. The van der Waals surface area contributed by atoms with Crippen molar-refractivity contribution in [3.63, 3.8) is 0 Å². The van der Waals surface area contributed by atoms with Crippen LogP contribution in [0.15, 0.2) is 56.6 Å². The Hall–Kier alpha value is -2.72. The molecule has 1 N–H and O–H groups in total. The lowest BCUT2D eigenvalue weighted by Crippen LogP contribution is -2.14. The Morgan fingerprint density at radius 2 is 2.11 bits per heavy atom. The van der Waals surface area contributed by atoms with Crippen molar-refractivity contribution in [2.45, 2.75) is 12.1 Å². The Labute approximate surface area is 166 Å². The molecule has 0 aliphatic carbocycles. The topological polar surface area (TPSA) is 111 Å². The van der Waals surface area contributed by atoms with E-state index in [4.69, 9.17) is 4.42 Å². The first-order chi connectivity index (χ1) is 12.9. The average molecular weight is 449 g/mol. The lowest BCUT2D eigenvalue weighted by Gasteiger charge is -2.07. The van der Waals surface area contributed by atoms with Crippen molar-refractivity contribution in [3.05, 3.63) is 62.6 Å². The number of carbonyl (C=O) groups is 1. The standard InChI is InChI=1S/C17H13BrN4O4S/c1-10-7-12(18)5-6-14(10)19-15(23)9-27-17-21-20-16(26-17)11-3-2-4-13(8-11)22(24)25/h2-8H,9H2,1H3,(H,19,23). The molecule has 0 saturated heterocycles. The Bertz CT molecular complexity index is 1010. The first-order valence-electron chi connectivity index (χ1n) is 7.69. The van der Waals surface area contributed by atoms with Crippen LogP contribution in [0.2, 0.25) is 0 Å². The fourth-order valence-corrected chi connectivity index (χ4v) is 3.26. The zero-order valence-electron chi connectivity index (χ0n) is 14.0. The van der Waals surface area contributed by atoms with Gasteiger partial charge in [0.2, 0.25) is 11.8 Å². The second kappa shape index (κ2) is 8.31. The van der Waals surface area contributed by atoms with Gasteiger partial charge in [-0.3, -0.25) is 14.9 Å². The molecule has 0 saturated carbocycles. The molecule has 1 amide bonds. The predicted octanol–water partition coefficient (Wildman–Crippen LogP) is 4.45. The van der Waals surface area contributed by atoms with E-state index in [9.17, 15) is 14.9 Å². The third kappa shape index (κ3) is 4.92. The summed E-state index contributed by atoms with van der Waals surface area (Å²) in [5.41, 5.74) is 2.04. The van der Waals surface area contributed by atoms with E-state index in [2.05, 4.69) is 31.4 Å². The first-order valence-corrected chi connectivity index (χ1v) is 9.47. The summed E-state index contributed by atoms with van der Waals surface area (Å²) in [5.74, 6) is 0.0393. The molecular formula is C17H13BrN4O4S. The third-order valence-corrected chi connectivity index (χ3v) is 4.81. The number of nitro benzene ring substituents is 1. The number of amides is 1. The normalized spacial score (nSPS) is 10.6. The number of nitrogens with one attached hydrogen (secondary N) is 1. The molecule has 1 aromatic heterocycles. The van der Waals surface area contributed by atoms with Crippen LogP contribution in [0, 0.1) is 17.0 Å². The second-order valence-electron chi connectivity index (χ2n) is 5.48. The van der Waals surface area contributed by atoms with Gasteiger partial charge in [-0.05, 0) is 36.8 Å². The number of nitro groups is 1. The van der Waals surface area contributed by atoms with Crippen LogP contribution < -0.4 is 5.32 Å². The molecule has 0 aliphatic rings. The number of non-ortho nitro benzene ring substituents is 1. The Kier molecular flexibility index (Phi) is 5.87. The molecule has 27 heavy (non-hydrogen) atoms. The number of aryl methyl sites for hydroxylation is 1. The quantitative estimate of drug-likeness (QED) is 0.336. The molecule has 138 valence electrons. The molecule has 0 spiro atoms. The lowest BCUT2D eigenvalue weighted by molar-refractivity contribution is -0.384. The fraction of sp³-hybridized carbons (Fsp3) is 0.118. The Morgan fingerprint density at radius 3 is 2.85 bits per heavy atom. The third-order valence-electron chi connectivity index (χ3n) is 3.50. The summed E-state index contributed by atoms with van der Waals surface area (Å²) in [7, 11) is 0. The van der Waals surface area contributed by atoms with Crippen molar-refractivity contribution in [2.75, 3.05) is 11.1 Å². The van der Waals surface area contributed by atoms with Crippen LogP contribution in [0.25, 0.3) is 11.5 Å². The molecule has 0 radical (unpaired) electrons. The zero-order chi connectivity index (χ0) is 19.4. The summed E-state index contributed by atoms with van der Waals surface area (Å²) in [6, 6.07) is 11.5. The molecular weight excluding hydrogens is 436 g/mol. The van der Waals surface area contributed by atoms with E-state index >= 15 is 0 Å². The summed E-state index contributed by atoms with van der Waals surface area (Å²) in [6.45, 7) is 1.90. The van der Waals surface area contributed by atoms with Crippen LogP contribution >= 0.6 is 27.7 Å². The molecule has 8 nitrogen and oxygen atoms in total. The van der Waals surface area contributed by atoms with Gasteiger partial charge in [-0.2, -0.15) is 0 Å². The van der Waals surface area contributed by atoms with Gasteiger partial charge in [-0.1, -0.05) is 33.8 Å². The van der Waals surface area contributed by atoms with Gasteiger partial charge >= 0.3 is 0 Å². The van der Waals surface area contributed by atoms with Gasteiger partial charge in [0.05, 0.1) is 10.7 Å². The van der Waals surface area contributed by atoms with Crippen LogP contribution in [0.3, 0.4) is 0 Å². The van der Waals surface area contributed by atoms with E-state index in [-0.39, 0.29) is 28.5 Å². The number of hydrogen-bond donors (Lipinski definition) is 1. The van der Waals surface area contributed by atoms with Gasteiger partial charge in [-0.25, -0.2) is 0 Å². The number of carbonyl (C=O) groups excluding carboxylic acids is 1. The minimum atomic E-state index is -0.496.